The number of carbonyl (C=O) groups is 1. The third kappa shape index (κ3) is 3.19. The van der Waals surface area contributed by atoms with Crippen LogP contribution in [0.5, 0.6) is 0 Å². The molecule has 1 amide bonds. The Morgan fingerprint density at radius 3 is 2.70 bits per heavy atom. The van der Waals surface area contributed by atoms with Crippen LogP contribution in [-0.2, 0) is 0 Å². The van der Waals surface area contributed by atoms with E-state index in [2.05, 4.69) is 5.32 Å². The number of amides is 1. The number of carbonyl (C=O) groups excluding carboxylic acids is 1. The fourth-order valence-corrected chi connectivity index (χ4v) is 1.89. The minimum atomic E-state index is -0.557. The molecule has 0 atom stereocenters. The zero-order chi connectivity index (χ0) is 14.7. The molecule has 2 rings (SSSR count). The molecule has 0 unspecified atom stereocenters. The van der Waals surface area contributed by atoms with Gasteiger partial charge in [0.2, 0.25) is 0 Å². The van der Waals surface area contributed by atoms with Crippen LogP contribution in [0.3, 0.4) is 0 Å². The van der Waals surface area contributed by atoms with Crippen LogP contribution in [0, 0.1) is 12.7 Å². The number of hydrogen-bond acceptors (Lipinski definition) is 2. The van der Waals surface area contributed by atoms with Gasteiger partial charge in [0.1, 0.15) is 10.8 Å². The van der Waals surface area contributed by atoms with E-state index in [0.29, 0.717) is 11.3 Å². The van der Waals surface area contributed by atoms with Gasteiger partial charge in [-0.25, -0.2) is 4.39 Å². The highest BCUT2D eigenvalue weighted by atomic mass is 32.1. The van der Waals surface area contributed by atoms with Crippen molar-refractivity contribution in [1.29, 1.82) is 0 Å². The van der Waals surface area contributed by atoms with E-state index in [1.165, 1.54) is 12.1 Å². The van der Waals surface area contributed by atoms with Crippen molar-refractivity contribution in [3.63, 3.8) is 0 Å². The number of halogens is 1. The second-order valence-electron chi connectivity index (χ2n) is 4.38. The van der Waals surface area contributed by atoms with E-state index in [1.807, 2.05) is 0 Å². The van der Waals surface area contributed by atoms with Crippen LogP contribution < -0.4 is 11.1 Å². The fraction of sp³-hybridized carbons (Fsp3) is 0.0667. The van der Waals surface area contributed by atoms with E-state index < -0.39 is 11.7 Å². The Labute approximate surface area is 121 Å². The predicted molar refractivity (Wildman–Crippen MR) is 81.4 cm³/mol. The number of hydrogen-bond donors (Lipinski definition) is 2. The Bertz CT molecular complexity index is 685. The zero-order valence-corrected chi connectivity index (χ0v) is 11.6. The molecule has 3 nitrogen and oxygen atoms in total. The number of rotatable bonds is 3. The lowest BCUT2D eigenvalue weighted by Gasteiger charge is -2.08. The maximum Gasteiger partial charge on any atom is 0.258 e. The van der Waals surface area contributed by atoms with Gasteiger partial charge in [-0.3, -0.25) is 4.79 Å². The smallest absolute Gasteiger partial charge is 0.258 e. The quantitative estimate of drug-likeness (QED) is 0.854. The first-order chi connectivity index (χ1) is 9.47. The Kier molecular flexibility index (Phi) is 4.10. The van der Waals surface area contributed by atoms with Crippen molar-refractivity contribution < 1.29 is 9.18 Å². The first-order valence-corrected chi connectivity index (χ1v) is 6.35. The molecule has 0 bridgehead atoms. The molecule has 0 saturated heterocycles. The molecule has 0 aliphatic heterocycles. The van der Waals surface area contributed by atoms with Gasteiger partial charge in [0.15, 0.2) is 0 Å². The molecule has 0 spiro atoms. The Balaban J connectivity index is 2.25. The summed E-state index contributed by atoms with van der Waals surface area (Å²) >= 11 is 4.87. The zero-order valence-electron chi connectivity index (χ0n) is 10.8. The van der Waals surface area contributed by atoms with Gasteiger partial charge in [-0.15, -0.1) is 0 Å². The van der Waals surface area contributed by atoms with Crippen LogP contribution in [0.4, 0.5) is 10.1 Å². The van der Waals surface area contributed by atoms with E-state index >= 15 is 0 Å². The molecule has 2 aromatic rings. The van der Waals surface area contributed by atoms with Crippen molar-refractivity contribution in [1.82, 2.24) is 0 Å². The molecular weight excluding hydrogens is 275 g/mol. The molecule has 0 saturated carbocycles. The predicted octanol–water partition coefficient (Wildman–Crippen LogP) is 3.02. The number of nitrogens with one attached hydrogen (secondary N) is 1. The molecular formula is C15H13FN2OS. The summed E-state index contributed by atoms with van der Waals surface area (Å²) in [6, 6.07) is 11.2. The molecule has 0 radical (unpaired) electrons. The molecule has 2 aromatic carbocycles. The van der Waals surface area contributed by atoms with E-state index in [0.717, 1.165) is 5.56 Å². The van der Waals surface area contributed by atoms with Gasteiger partial charge in [-0.1, -0.05) is 36.0 Å². The largest absolute Gasteiger partial charge is 0.389 e. The highest BCUT2D eigenvalue weighted by Gasteiger charge is 2.12. The topological polar surface area (TPSA) is 55.1 Å². The van der Waals surface area contributed by atoms with Crippen molar-refractivity contribution in [3.05, 3.63) is 65.0 Å². The van der Waals surface area contributed by atoms with Crippen molar-refractivity contribution in [3.8, 4) is 0 Å². The lowest BCUT2D eigenvalue weighted by atomic mass is 10.1. The summed E-state index contributed by atoms with van der Waals surface area (Å²) in [5.74, 6) is -1.06. The van der Waals surface area contributed by atoms with Crippen LogP contribution in [0.25, 0.3) is 0 Å². The number of thiocarbonyl (C=S) groups is 1. The maximum absolute atomic E-state index is 13.6. The average Bonchev–Trinajstić information content (AvgIpc) is 2.41. The molecule has 0 aromatic heterocycles. The Morgan fingerprint density at radius 2 is 2.00 bits per heavy atom. The van der Waals surface area contributed by atoms with Gasteiger partial charge in [0.25, 0.3) is 5.91 Å². The molecule has 20 heavy (non-hydrogen) atoms. The molecule has 5 heteroatoms. The fourth-order valence-electron chi connectivity index (χ4n) is 1.76. The van der Waals surface area contributed by atoms with Crippen molar-refractivity contribution in [2.75, 3.05) is 5.32 Å². The average molecular weight is 288 g/mol. The van der Waals surface area contributed by atoms with Crippen LogP contribution in [0.2, 0.25) is 0 Å². The molecule has 3 N–H and O–H groups in total. The summed E-state index contributed by atoms with van der Waals surface area (Å²) in [7, 11) is 0. The summed E-state index contributed by atoms with van der Waals surface area (Å²) in [6.07, 6.45) is 0. The summed E-state index contributed by atoms with van der Waals surface area (Å²) in [4.78, 5) is 12.3. The van der Waals surface area contributed by atoms with E-state index in [1.54, 1.807) is 37.3 Å². The number of aryl methyl sites for hydroxylation is 1. The van der Waals surface area contributed by atoms with Gasteiger partial charge in [-0.05, 0) is 31.2 Å². The third-order valence-electron chi connectivity index (χ3n) is 2.77. The number of benzene rings is 2. The SMILES string of the molecule is Cc1ccc(F)c(C(=O)Nc2cccc(C(N)=S)c2)c1. The lowest BCUT2D eigenvalue weighted by Crippen LogP contribution is -2.15. The summed E-state index contributed by atoms with van der Waals surface area (Å²) in [6.45, 7) is 1.80. The standard InChI is InChI=1S/C15H13FN2OS/c1-9-5-6-13(16)12(7-9)15(19)18-11-4-2-3-10(8-11)14(17)20/h2-8H,1H3,(H2,17,20)(H,18,19). The third-order valence-corrected chi connectivity index (χ3v) is 3.01. The van der Waals surface area contributed by atoms with Crippen LogP contribution in [0.15, 0.2) is 42.5 Å². The lowest BCUT2D eigenvalue weighted by molar-refractivity contribution is 0.102. The van der Waals surface area contributed by atoms with Gasteiger partial charge in [0.05, 0.1) is 5.56 Å². The van der Waals surface area contributed by atoms with Crippen LogP contribution >= 0.6 is 12.2 Å². The first-order valence-electron chi connectivity index (χ1n) is 5.95. The van der Waals surface area contributed by atoms with Crippen LogP contribution in [0.1, 0.15) is 21.5 Å². The van der Waals surface area contributed by atoms with E-state index in [9.17, 15) is 9.18 Å². The number of nitrogens with two attached hydrogens (primary N) is 1. The highest BCUT2D eigenvalue weighted by molar-refractivity contribution is 7.80. The van der Waals surface area contributed by atoms with E-state index in [4.69, 9.17) is 18.0 Å². The summed E-state index contributed by atoms with van der Waals surface area (Å²) < 4.78 is 13.6. The first kappa shape index (κ1) is 14.1. The Hall–Kier alpha value is -2.27. The summed E-state index contributed by atoms with van der Waals surface area (Å²) in [5, 5.41) is 2.63. The van der Waals surface area contributed by atoms with E-state index in [-0.39, 0.29) is 10.6 Å². The second-order valence-corrected chi connectivity index (χ2v) is 4.82. The van der Waals surface area contributed by atoms with Gasteiger partial charge >= 0.3 is 0 Å². The Morgan fingerprint density at radius 1 is 1.25 bits per heavy atom. The minimum Gasteiger partial charge on any atom is -0.389 e. The molecule has 0 aliphatic rings. The van der Waals surface area contributed by atoms with Gasteiger partial charge in [-0.2, -0.15) is 0 Å². The van der Waals surface area contributed by atoms with Crippen LogP contribution in [-0.4, -0.2) is 10.9 Å². The minimum absolute atomic E-state index is 0.00530. The second kappa shape index (κ2) is 5.79. The highest BCUT2D eigenvalue weighted by Crippen LogP contribution is 2.15. The monoisotopic (exact) mass is 288 g/mol. The normalized spacial score (nSPS) is 10.1. The number of anilines is 1. The maximum atomic E-state index is 13.6. The molecule has 0 aliphatic carbocycles. The molecule has 0 fully saturated rings. The molecule has 0 heterocycles. The van der Waals surface area contributed by atoms with Crippen molar-refractivity contribution in [2.45, 2.75) is 6.92 Å². The van der Waals surface area contributed by atoms with Gasteiger partial charge < -0.3 is 11.1 Å². The van der Waals surface area contributed by atoms with Crippen molar-refractivity contribution in [2.24, 2.45) is 5.73 Å². The summed E-state index contributed by atoms with van der Waals surface area (Å²) in [5.41, 5.74) is 7.50. The van der Waals surface area contributed by atoms with Crippen molar-refractivity contribution >= 4 is 28.8 Å². The van der Waals surface area contributed by atoms with Gasteiger partial charge in [0, 0.05) is 11.3 Å². The molecule has 102 valence electrons.